The highest BCUT2D eigenvalue weighted by Gasteiger charge is 2.36. The largest absolute Gasteiger partial charge is 0.462 e. The Morgan fingerprint density at radius 3 is 2.41 bits per heavy atom. The summed E-state index contributed by atoms with van der Waals surface area (Å²) >= 11 is 0. The molecule has 3 fully saturated rings. The van der Waals surface area contributed by atoms with Crippen LogP contribution >= 0.6 is 0 Å². The molecule has 0 unspecified atom stereocenters. The first-order chi connectivity index (χ1) is 8.25. The summed E-state index contributed by atoms with van der Waals surface area (Å²) < 4.78 is 4.89. The van der Waals surface area contributed by atoms with E-state index in [0.717, 1.165) is 19.3 Å². The van der Waals surface area contributed by atoms with Crippen molar-refractivity contribution in [1.29, 1.82) is 0 Å². The summed E-state index contributed by atoms with van der Waals surface area (Å²) in [5, 5.41) is 6.24. The molecule has 0 aromatic rings. The summed E-state index contributed by atoms with van der Waals surface area (Å²) in [6, 6.07) is 0.496. The fourth-order valence-electron chi connectivity index (χ4n) is 2.85. The van der Waals surface area contributed by atoms with E-state index >= 15 is 0 Å². The van der Waals surface area contributed by atoms with Crippen LogP contribution in [0.2, 0.25) is 0 Å². The minimum absolute atomic E-state index is 0.151. The molecule has 1 amide bonds. The third-order valence-corrected chi connectivity index (χ3v) is 3.77. The second kappa shape index (κ2) is 4.05. The van der Waals surface area contributed by atoms with Crippen molar-refractivity contribution in [3.63, 3.8) is 0 Å². The van der Waals surface area contributed by atoms with E-state index < -0.39 is 0 Å². The third kappa shape index (κ3) is 1.79. The van der Waals surface area contributed by atoms with Gasteiger partial charge >= 0.3 is 5.97 Å². The molecule has 2 N–H and O–H groups in total. The van der Waals surface area contributed by atoms with Crippen LogP contribution in [0.25, 0.3) is 0 Å². The highest BCUT2D eigenvalue weighted by molar-refractivity contribution is 6.03. The Kier molecular flexibility index (Phi) is 2.53. The molecule has 3 aliphatic rings. The molecule has 0 aromatic carbocycles. The normalized spacial score (nSPS) is 36.9. The topological polar surface area (TPSA) is 67.4 Å². The third-order valence-electron chi connectivity index (χ3n) is 3.77. The maximum absolute atomic E-state index is 11.9. The number of esters is 1. The van der Waals surface area contributed by atoms with Crippen LogP contribution in [0, 0.1) is 0 Å². The number of ether oxygens (including phenoxy) is 1. The van der Waals surface area contributed by atoms with Crippen molar-refractivity contribution in [2.45, 2.75) is 44.2 Å². The van der Waals surface area contributed by atoms with E-state index in [-0.39, 0.29) is 24.0 Å². The first-order valence-electron chi connectivity index (χ1n) is 6.23. The van der Waals surface area contributed by atoms with E-state index in [0.29, 0.717) is 24.3 Å². The lowest BCUT2D eigenvalue weighted by Gasteiger charge is -2.38. The molecule has 1 saturated carbocycles. The highest BCUT2D eigenvalue weighted by Crippen LogP contribution is 2.25. The maximum atomic E-state index is 11.9. The number of rotatable bonds is 0. The molecule has 5 heteroatoms. The van der Waals surface area contributed by atoms with Crippen molar-refractivity contribution in [2.75, 3.05) is 6.61 Å². The Labute approximate surface area is 99.6 Å². The summed E-state index contributed by atoms with van der Waals surface area (Å²) in [6.07, 6.45) is 4.95. The Hall–Kier alpha value is -1.52. The molecule has 0 aromatic heterocycles. The average Bonchev–Trinajstić information content (AvgIpc) is 2.74. The molecular weight excluding hydrogens is 220 g/mol. The fourth-order valence-corrected chi connectivity index (χ4v) is 2.85. The maximum Gasteiger partial charge on any atom is 0.336 e. The molecule has 2 aliphatic heterocycles. The zero-order valence-electron chi connectivity index (χ0n) is 9.62. The summed E-state index contributed by atoms with van der Waals surface area (Å²) in [4.78, 5) is 23.4. The van der Waals surface area contributed by atoms with Crippen LogP contribution in [-0.4, -0.2) is 30.6 Å². The fraction of sp³-hybridized carbons (Fsp3) is 0.667. The average molecular weight is 236 g/mol. The lowest BCUT2D eigenvalue weighted by Crippen LogP contribution is -2.59. The van der Waals surface area contributed by atoms with Gasteiger partial charge in [-0.05, 0) is 12.8 Å². The van der Waals surface area contributed by atoms with Gasteiger partial charge in [0.15, 0.2) is 0 Å². The first kappa shape index (κ1) is 10.6. The van der Waals surface area contributed by atoms with E-state index in [1.807, 2.05) is 0 Å². The summed E-state index contributed by atoms with van der Waals surface area (Å²) in [5.41, 5.74) is 0.946. The predicted octanol–water partition coefficient (Wildman–Crippen LogP) is 0.218. The number of fused-ring (bicyclic) bond motifs is 1. The van der Waals surface area contributed by atoms with E-state index in [2.05, 4.69) is 10.6 Å². The van der Waals surface area contributed by atoms with Gasteiger partial charge in [-0.15, -0.1) is 0 Å². The number of hydrogen-bond acceptors (Lipinski definition) is 4. The van der Waals surface area contributed by atoms with Gasteiger partial charge in [-0.1, -0.05) is 12.8 Å². The zero-order valence-corrected chi connectivity index (χ0v) is 9.62. The van der Waals surface area contributed by atoms with Gasteiger partial charge in [0.1, 0.15) is 5.70 Å². The SMILES string of the molecule is O=C1OCC/C1=C1/N[C@@H]2CCCC[C@@H]2NC1=O. The van der Waals surface area contributed by atoms with Gasteiger partial charge in [-0.25, -0.2) is 4.79 Å². The van der Waals surface area contributed by atoms with Gasteiger partial charge in [0, 0.05) is 18.5 Å². The standard InChI is InChI=1S/C12H16N2O3/c15-11-10(7-5-6-17-12(7)16)13-8-3-1-2-4-9(8)14-11/h8-9,13H,1-6H2,(H,14,15)/b10-7-/t8-,9+/m1/s1. The van der Waals surface area contributed by atoms with Crippen molar-refractivity contribution in [1.82, 2.24) is 10.6 Å². The van der Waals surface area contributed by atoms with Gasteiger partial charge in [-0.2, -0.15) is 0 Å². The van der Waals surface area contributed by atoms with Crippen LogP contribution < -0.4 is 10.6 Å². The minimum Gasteiger partial charge on any atom is -0.462 e. The highest BCUT2D eigenvalue weighted by atomic mass is 16.5. The summed E-state index contributed by atoms with van der Waals surface area (Å²) in [6.45, 7) is 0.390. The zero-order chi connectivity index (χ0) is 11.8. The van der Waals surface area contributed by atoms with Gasteiger partial charge in [0.05, 0.1) is 12.2 Å². The Morgan fingerprint density at radius 1 is 1.06 bits per heavy atom. The monoisotopic (exact) mass is 236 g/mol. The van der Waals surface area contributed by atoms with Gasteiger partial charge in [-0.3, -0.25) is 4.79 Å². The Morgan fingerprint density at radius 2 is 1.76 bits per heavy atom. The van der Waals surface area contributed by atoms with Crippen molar-refractivity contribution >= 4 is 11.9 Å². The van der Waals surface area contributed by atoms with E-state index in [1.165, 1.54) is 6.42 Å². The molecule has 2 atom stereocenters. The molecule has 0 bridgehead atoms. The van der Waals surface area contributed by atoms with Crippen molar-refractivity contribution in [2.24, 2.45) is 0 Å². The second-order valence-electron chi connectivity index (χ2n) is 4.85. The van der Waals surface area contributed by atoms with Gasteiger partial charge in [0.2, 0.25) is 0 Å². The number of nitrogens with one attached hydrogen (secondary N) is 2. The number of hydrogen-bond donors (Lipinski definition) is 2. The van der Waals surface area contributed by atoms with Gasteiger partial charge < -0.3 is 15.4 Å². The molecule has 1 aliphatic carbocycles. The molecule has 5 nitrogen and oxygen atoms in total. The Bertz CT molecular complexity index is 403. The predicted molar refractivity (Wildman–Crippen MR) is 59.9 cm³/mol. The van der Waals surface area contributed by atoms with E-state index in [9.17, 15) is 9.59 Å². The number of carbonyl (C=O) groups is 2. The number of amides is 1. The lowest BCUT2D eigenvalue weighted by atomic mass is 9.88. The summed E-state index contributed by atoms with van der Waals surface area (Å²) in [5.74, 6) is -0.501. The van der Waals surface area contributed by atoms with Crippen molar-refractivity contribution in [3.8, 4) is 0 Å². The van der Waals surface area contributed by atoms with Crippen molar-refractivity contribution < 1.29 is 14.3 Å². The molecule has 2 heterocycles. The van der Waals surface area contributed by atoms with Crippen LogP contribution in [0.4, 0.5) is 0 Å². The molecule has 92 valence electrons. The van der Waals surface area contributed by atoms with Crippen molar-refractivity contribution in [3.05, 3.63) is 11.3 Å². The molecule has 0 radical (unpaired) electrons. The second-order valence-corrected chi connectivity index (χ2v) is 4.85. The number of cyclic esters (lactones) is 1. The van der Waals surface area contributed by atoms with Crippen LogP contribution in [0.1, 0.15) is 32.1 Å². The lowest BCUT2D eigenvalue weighted by molar-refractivity contribution is -0.135. The summed E-state index contributed by atoms with van der Waals surface area (Å²) in [7, 11) is 0. The van der Waals surface area contributed by atoms with E-state index in [1.54, 1.807) is 0 Å². The molecule has 3 rings (SSSR count). The van der Waals surface area contributed by atoms with Crippen LogP contribution in [0.3, 0.4) is 0 Å². The molecule has 17 heavy (non-hydrogen) atoms. The Balaban J connectivity index is 1.86. The van der Waals surface area contributed by atoms with Gasteiger partial charge in [0.25, 0.3) is 5.91 Å². The first-order valence-corrected chi connectivity index (χ1v) is 6.23. The number of carbonyl (C=O) groups excluding carboxylic acids is 2. The quantitative estimate of drug-likeness (QED) is 0.466. The minimum atomic E-state index is -0.350. The number of piperazine rings is 1. The van der Waals surface area contributed by atoms with Crippen LogP contribution in [-0.2, 0) is 14.3 Å². The van der Waals surface area contributed by atoms with Crippen LogP contribution in [0.15, 0.2) is 11.3 Å². The molecule has 2 saturated heterocycles. The van der Waals surface area contributed by atoms with Crippen LogP contribution in [0.5, 0.6) is 0 Å². The van der Waals surface area contributed by atoms with E-state index in [4.69, 9.17) is 4.74 Å². The molecule has 0 spiro atoms. The smallest absolute Gasteiger partial charge is 0.336 e. The molecular formula is C12H16N2O3.